The maximum Gasteiger partial charge on any atom is 0.126 e. The van der Waals surface area contributed by atoms with Crippen LogP contribution in [0.3, 0.4) is 0 Å². The minimum absolute atomic E-state index is 0.247. The Morgan fingerprint density at radius 2 is 1.89 bits per heavy atom. The zero-order chi connectivity index (χ0) is 19.4. The smallest absolute Gasteiger partial charge is 0.126 e. The number of aromatic hydroxyl groups is 1. The SMILES string of the molecule is CCCCn1cc(-c2ccc(Cl)cc2Cl)nc1C(N)Cc1ccc(O)cc1. The summed E-state index contributed by atoms with van der Waals surface area (Å²) in [6, 6.07) is 12.3. The zero-order valence-corrected chi connectivity index (χ0v) is 16.7. The summed E-state index contributed by atoms with van der Waals surface area (Å²) in [4.78, 5) is 4.80. The van der Waals surface area contributed by atoms with Crippen LogP contribution in [0.25, 0.3) is 11.3 Å². The fourth-order valence-corrected chi connectivity index (χ4v) is 3.54. The average Bonchev–Trinajstić information content (AvgIpc) is 3.06. The van der Waals surface area contributed by atoms with Crippen molar-refractivity contribution in [2.24, 2.45) is 5.73 Å². The molecule has 0 aliphatic rings. The van der Waals surface area contributed by atoms with E-state index in [0.29, 0.717) is 16.5 Å². The molecule has 3 aromatic rings. The lowest BCUT2D eigenvalue weighted by Crippen LogP contribution is -2.19. The van der Waals surface area contributed by atoms with Crippen molar-refractivity contribution in [2.75, 3.05) is 0 Å². The maximum atomic E-state index is 9.45. The van der Waals surface area contributed by atoms with Crippen molar-refractivity contribution < 1.29 is 5.11 Å². The summed E-state index contributed by atoms with van der Waals surface area (Å²) >= 11 is 12.4. The summed E-state index contributed by atoms with van der Waals surface area (Å²) in [7, 11) is 0. The van der Waals surface area contributed by atoms with Crippen molar-refractivity contribution in [2.45, 2.75) is 38.8 Å². The Morgan fingerprint density at radius 3 is 2.56 bits per heavy atom. The van der Waals surface area contributed by atoms with E-state index < -0.39 is 0 Å². The number of aryl methyl sites for hydroxylation is 1. The maximum absolute atomic E-state index is 9.45. The van der Waals surface area contributed by atoms with Crippen LogP contribution >= 0.6 is 23.2 Å². The number of phenols is 1. The molecule has 1 aromatic heterocycles. The topological polar surface area (TPSA) is 64.1 Å². The molecular weight excluding hydrogens is 381 g/mol. The van der Waals surface area contributed by atoms with Crippen LogP contribution in [0.5, 0.6) is 5.75 Å². The Balaban J connectivity index is 1.92. The fourth-order valence-electron chi connectivity index (χ4n) is 3.04. The van der Waals surface area contributed by atoms with Crippen LogP contribution in [0.4, 0.5) is 0 Å². The third-order valence-electron chi connectivity index (χ3n) is 4.49. The summed E-state index contributed by atoms with van der Waals surface area (Å²) in [5.74, 6) is 1.08. The molecule has 0 bridgehead atoms. The van der Waals surface area contributed by atoms with Crippen LogP contribution in [0.15, 0.2) is 48.7 Å². The molecule has 3 rings (SSSR count). The molecule has 0 amide bonds. The number of nitrogens with two attached hydrogens (primary N) is 1. The monoisotopic (exact) mass is 403 g/mol. The Labute approximate surface area is 169 Å². The normalized spacial score (nSPS) is 12.3. The van der Waals surface area contributed by atoms with Crippen molar-refractivity contribution in [3.05, 3.63) is 70.1 Å². The van der Waals surface area contributed by atoms with Crippen LogP contribution in [-0.2, 0) is 13.0 Å². The number of benzene rings is 2. The summed E-state index contributed by atoms with van der Waals surface area (Å²) < 4.78 is 2.12. The predicted octanol–water partition coefficient (Wildman–Crippen LogP) is 5.61. The van der Waals surface area contributed by atoms with Crippen LogP contribution < -0.4 is 5.73 Å². The lowest BCUT2D eigenvalue weighted by atomic mass is 10.1. The van der Waals surface area contributed by atoms with E-state index in [4.69, 9.17) is 33.9 Å². The molecule has 1 unspecified atom stereocenters. The van der Waals surface area contributed by atoms with Gasteiger partial charge in [0.2, 0.25) is 0 Å². The van der Waals surface area contributed by atoms with Crippen LogP contribution in [-0.4, -0.2) is 14.7 Å². The highest BCUT2D eigenvalue weighted by molar-refractivity contribution is 6.36. The van der Waals surface area contributed by atoms with Crippen molar-refractivity contribution in [3.8, 4) is 17.0 Å². The third-order valence-corrected chi connectivity index (χ3v) is 5.04. The predicted molar refractivity (Wildman–Crippen MR) is 111 cm³/mol. The number of hydrogen-bond donors (Lipinski definition) is 2. The zero-order valence-electron chi connectivity index (χ0n) is 15.2. The number of imidazole rings is 1. The molecular formula is C21H23Cl2N3O. The molecule has 3 N–H and O–H groups in total. The second-order valence-corrected chi connectivity index (χ2v) is 7.48. The molecule has 0 fully saturated rings. The number of unbranched alkanes of at least 4 members (excludes halogenated alkanes) is 1. The molecule has 4 nitrogen and oxygen atoms in total. The van der Waals surface area contributed by atoms with Gasteiger partial charge in [0, 0.05) is 23.3 Å². The highest BCUT2D eigenvalue weighted by atomic mass is 35.5. The number of halogens is 2. The van der Waals surface area contributed by atoms with Crippen molar-refractivity contribution >= 4 is 23.2 Å². The van der Waals surface area contributed by atoms with Crippen molar-refractivity contribution in [3.63, 3.8) is 0 Å². The van der Waals surface area contributed by atoms with Gasteiger partial charge in [-0.15, -0.1) is 0 Å². The van der Waals surface area contributed by atoms with E-state index in [-0.39, 0.29) is 11.8 Å². The van der Waals surface area contributed by atoms with E-state index in [0.717, 1.165) is 42.0 Å². The van der Waals surface area contributed by atoms with Gasteiger partial charge in [-0.05, 0) is 48.7 Å². The molecule has 0 saturated carbocycles. The Bertz CT molecular complexity index is 906. The molecule has 27 heavy (non-hydrogen) atoms. The van der Waals surface area contributed by atoms with Crippen LogP contribution in [0.1, 0.15) is 37.2 Å². The van der Waals surface area contributed by atoms with Crippen molar-refractivity contribution in [1.82, 2.24) is 9.55 Å². The second-order valence-electron chi connectivity index (χ2n) is 6.63. The summed E-state index contributed by atoms with van der Waals surface area (Å²) in [6.45, 7) is 3.01. The molecule has 0 spiro atoms. The standard InChI is InChI=1S/C21H23Cl2N3O/c1-2-3-10-26-13-20(17-9-6-15(22)12-18(17)23)25-21(26)19(24)11-14-4-7-16(27)8-5-14/h4-9,12-13,19,27H,2-3,10-11,24H2,1H3. The minimum Gasteiger partial charge on any atom is -0.508 e. The molecule has 1 atom stereocenters. The van der Waals surface area contributed by atoms with Crippen molar-refractivity contribution in [1.29, 1.82) is 0 Å². The summed E-state index contributed by atoms with van der Waals surface area (Å²) in [5, 5.41) is 10.6. The molecule has 6 heteroatoms. The first-order chi connectivity index (χ1) is 13.0. The lowest BCUT2D eigenvalue weighted by Gasteiger charge is -2.14. The first-order valence-electron chi connectivity index (χ1n) is 9.04. The summed E-state index contributed by atoms with van der Waals surface area (Å²) in [6.07, 6.45) is 4.78. The third kappa shape index (κ3) is 4.83. The van der Waals surface area contributed by atoms with E-state index in [2.05, 4.69) is 11.5 Å². The lowest BCUT2D eigenvalue weighted by molar-refractivity contribution is 0.475. The van der Waals surface area contributed by atoms with Gasteiger partial charge in [-0.1, -0.05) is 48.7 Å². The first-order valence-corrected chi connectivity index (χ1v) is 9.79. The van der Waals surface area contributed by atoms with Gasteiger partial charge in [-0.3, -0.25) is 0 Å². The molecule has 0 aliphatic heterocycles. The average molecular weight is 404 g/mol. The highest BCUT2D eigenvalue weighted by Gasteiger charge is 2.18. The second kappa shape index (κ2) is 8.79. The first kappa shape index (κ1) is 19.7. The number of phenolic OH excluding ortho intramolecular Hbond substituents is 1. The Kier molecular flexibility index (Phi) is 6.42. The molecule has 0 radical (unpaired) electrons. The van der Waals surface area contributed by atoms with Gasteiger partial charge < -0.3 is 15.4 Å². The minimum atomic E-state index is -0.258. The fraction of sp³-hybridized carbons (Fsp3) is 0.286. The van der Waals surface area contributed by atoms with Gasteiger partial charge >= 0.3 is 0 Å². The highest BCUT2D eigenvalue weighted by Crippen LogP contribution is 2.31. The van der Waals surface area contributed by atoms with Gasteiger partial charge in [0.25, 0.3) is 0 Å². The Morgan fingerprint density at radius 1 is 1.15 bits per heavy atom. The number of rotatable bonds is 7. The van der Waals surface area contributed by atoms with Crippen LogP contribution in [0.2, 0.25) is 10.0 Å². The van der Waals surface area contributed by atoms with Gasteiger partial charge in [0.15, 0.2) is 0 Å². The molecule has 2 aromatic carbocycles. The van der Waals surface area contributed by atoms with E-state index in [9.17, 15) is 5.11 Å². The van der Waals surface area contributed by atoms with Gasteiger partial charge in [-0.25, -0.2) is 4.98 Å². The van der Waals surface area contributed by atoms with E-state index in [1.165, 1.54) is 0 Å². The van der Waals surface area contributed by atoms with E-state index >= 15 is 0 Å². The summed E-state index contributed by atoms with van der Waals surface area (Å²) in [5.41, 5.74) is 9.18. The van der Waals surface area contributed by atoms with Gasteiger partial charge in [-0.2, -0.15) is 0 Å². The molecule has 0 aliphatic carbocycles. The number of nitrogens with zero attached hydrogens (tertiary/aromatic N) is 2. The van der Waals surface area contributed by atoms with E-state index in [1.54, 1.807) is 18.2 Å². The largest absolute Gasteiger partial charge is 0.508 e. The number of aromatic nitrogens is 2. The van der Waals surface area contributed by atoms with E-state index in [1.807, 2.05) is 30.5 Å². The van der Waals surface area contributed by atoms with Crippen LogP contribution in [0, 0.1) is 0 Å². The van der Waals surface area contributed by atoms with Gasteiger partial charge in [0.1, 0.15) is 11.6 Å². The molecule has 1 heterocycles. The van der Waals surface area contributed by atoms with Gasteiger partial charge in [0.05, 0.1) is 16.8 Å². The molecule has 0 saturated heterocycles. The quantitative estimate of drug-likeness (QED) is 0.538. The number of hydrogen-bond acceptors (Lipinski definition) is 3. The Hall–Kier alpha value is -2.01. The molecule has 142 valence electrons.